The van der Waals surface area contributed by atoms with Crippen molar-refractivity contribution in [3.63, 3.8) is 0 Å². The molecule has 124 valence electrons. The zero-order chi connectivity index (χ0) is 16.2. The van der Waals surface area contributed by atoms with Gasteiger partial charge in [-0.1, -0.05) is 0 Å². The first kappa shape index (κ1) is 16.9. The molecular formula is C15H25N3O4. The van der Waals surface area contributed by atoms with E-state index >= 15 is 0 Å². The molecule has 0 bridgehead atoms. The number of carbonyl (C=O) groups is 1. The van der Waals surface area contributed by atoms with Crippen molar-refractivity contribution in [1.29, 1.82) is 0 Å². The lowest BCUT2D eigenvalue weighted by atomic mass is 10.0. The van der Waals surface area contributed by atoms with Crippen molar-refractivity contribution < 1.29 is 19.0 Å². The van der Waals surface area contributed by atoms with Crippen LogP contribution in [0.4, 0.5) is 0 Å². The first-order valence-corrected chi connectivity index (χ1v) is 7.43. The second-order valence-electron chi connectivity index (χ2n) is 6.10. The van der Waals surface area contributed by atoms with Gasteiger partial charge in [-0.15, -0.1) is 0 Å². The average Bonchev–Trinajstić information content (AvgIpc) is 2.91. The highest BCUT2D eigenvalue weighted by atomic mass is 16.5. The molecule has 0 radical (unpaired) electrons. The van der Waals surface area contributed by atoms with Gasteiger partial charge in [-0.2, -0.15) is 5.10 Å². The van der Waals surface area contributed by atoms with Crippen LogP contribution in [0.15, 0.2) is 12.3 Å². The summed E-state index contributed by atoms with van der Waals surface area (Å²) < 4.78 is 17.8. The molecule has 2 rings (SSSR count). The molecule has 1 aromatic rings. The van der Waals surface area contributed by atoms with E-state index in [1.54, 1.807) is 36.1 Å². The molecule has 0 N–H and O–H groups in total. The van der Waals surface area contributed by atoms with Crippen LogP contribution in [0.3, 0.4) is 0 Å². The summed E-state index contributed by atoms with van der Waals surface area (Å²) in [5, 5.41) is 4.32. The van der Waals surface area contributed by atoms with Gasteiger partial charge in [0.1, 0.15) is 5.69 Å². The number of nitrogens with zero attached hydrogens (tertiary/aromatic N) is 3. The van der Waals surface area contributed by atoms with E-state index in [0.29, 0.717) is 38.5 Å². The molecule has 0 saturated carbocycles. The lowest BCUT2D eigenvalue weighted by Gasteiger charge is -2.42. The van der Waals surface area contributed by atoms with Crippen molar-refractivity contribution >= 4 is 5.91 Å². The molecule has 0 aromatic carbocycles. The molecule has 7 nitrogen and oxygen atoms in total. The number of hydrogen-bond donors (Lipinski definition) is 0. The molecule has 1 amide bonds. The molecule has 7 heteroatoms. The molecule has 0 aliphatic carbocycles. The van der Waals surface area contributed by atoms with E-state index in [1.165, 1.54) is 0 Å². The Balaban J connectivity index is 2.05. The quantitative estimate of drug-likeness (QED) is 0.777. The topological polar surface area (TPSA) is 65.8 Å². The Morgan fingerprint density at radius 2 is 2.23 bits per heavy atom. The highest BCUT2D eigenvalue weighted by molar-refractivity contribution is 5.92. The Hall–Kier alpha value is -1.44. The van der Waals surface area contributed by atoms with Crippen LogP contribution in [-0.2, 0) is 20.8 Å². The summed E-state index contributed by atoms with van der Waals surface area (Å²) in [5.41, 5.74) is 0.0559. The third-order valence-electron chi connectivity index (χ3n) is 3.51. The Bertz CT molecular complexity index is 501. The highest BCUT2D eigenvalue weighted by Crippen LogP contribution is 2.22. The fourth-order valence-corrected chi connectivity index (χ4v) is 2.67. The van der Waals surface area contributed by atoms with Crippen LogP contribution < -0.4 is 0 Å². The molecule has 1 unspecified atom stereocenters. The van der Waals surface area contributed by atoms with E-state index in [9.17, 15) is 4.79 Å². The summed E-state index contributed by atoms with van der Waals surface area (Å²) in [4.78, 5) is 14.4. The zero-order valence-electron chi connectivity index (χ0n) is 13.7. The van der Waals surface area contributed by atoms with Crippen molar-refractivity contribution in [2.45, 2.75) is 32.1 Å². The molecule has 1 fully saturated rings. The minimum Gasteiger partial charge on any atom is -0.383 e. The smallest absolute Gasteiger partial charge is 0.274 e. The minimum absolute atomic E-state index is 0.0753. The van der Waals surface area contributed by atoms with Gasteiger partial charge in [-0.05, 0) is 19.9 Å². The molecule has 1 aliphatic rings. The average molecular weight is 311 g/mol. The SMILES string of the molecule is COCCn1ccc(C(=O)N2CC(COC)OC(C)(C)C2)n1. The van der Waals surface area contributed by atoms with Crippen LogP contribution in [0, 0.1) is 0 Å². The Kier molecular flexibility index (Phi) is 5.55. The van der Waals surface area contributed by atoms with Gasteiger partial charge in [-0.25, -0.2) is 0 Å². The second kappa shape index (κ2) is 7.21. The Morgan fingerprint density at radius 1 is 1.45 bits per heavy atom. The van der Waals surface area contributed by atoms with E-state index in [4.69, 9.17) is 14.2 Å². The van der Waals surface area contributed by atoms with Crippen LogP contribution in [-0.4, -0.2) is 72.8 Å². The largest absolute Gasteiger partial charge is 0.383 e. The summed E-state index contributed by atoms with van der Waals surface area (Å²) in [7, 11) is 3.27. The fourth-order valence-electron chi connectivity index (χ4n) is 2.67. The molecule has 1 saturated heterocycles. The number of ether oxygens (including phenoxy) is 3. The van der Waals surface area contributed by atoms with Gasteiger partial charge in [0.2, 0.25) is 0 Å². The second-order valence-corrected chi connectivity index (χ2v) is 6.10. The van der Waals surface area contributed by atoms with E-state index in [-0.39, 0.29) is 12.0 Å². The van der Waals surface area contributed by atoms with Crippen molar-refractivity contribution in [3.8, 4) is 0 Å². The molecule has 2 heterocycles. The lowest BCUT2D eigenvalue weighted by Crippen LogP contribution is -2.55. The predicted molar refractivity (Wildman–Crippen MR) is 80.8 cm³/mol. The number of amides is 1. The summed E-state index contributed by atoms with van der Waals surface area (Å²) in [6.45, 7) is 6.67. The van der Waals surface area contributed by atoms with E-state index < -0.39 is 5.60 Å². The summed E-state index contributed by atoms with van der Waals surface area (Å²) in [6.07, 6.45) is 1.68. The highest BCUT2D eigenvalue weighted by Gasteiger charge is 2.36. The van der Waals surface area contributed by atoms with Gasteiger partial charge in [0.05, 0.1) is 31.5 Å². The Labute approximate surface area is 131 Å². The number of methoxy groups -OCH3 is 2. The van der Waals surface area contributed by atoms with Crippen molar-refractivity contribution in [3.05, 3.63) is 18.0 Å². The maximum absolute atomic E-state index is 12.6. The molecule has 0 spiro atoms. The van der Waals surface area contributed by atoms with Gasteiger partial charge in [0, 0.05) is 33.5 Å². The lowest BCUT2D eigenvalue weighted by molar-refractivity contribution is -0.143. The fraction of sp³-hybridized carbons (Fsp3) is 0.733. The summed E-state index contributed by atoms with van der Waals surface area (Å²) >= 11 is 0. The number of hydrogen-bond acceptors (Lipinski definition) is 5. The molecule has 1 atom stereocenters. The van der Waals surface area contributed by atoms with Crippen molar-refractivity contribution in [2.75, 3.05) is 40.5 Å². The standard InChI is InChI=1S/C15H25N3O4/c1-15(2)11-17(9-12(22-15)10-21-4)14(19)13-5-6-18(16-13)7-8-20-3/h5-6,12H,7-11H2,1-4H3. The van der Waals surface area contributed by atoms with E-state index in [0.717, 1.165) is 0 Å². The number of rotatable bonds is 6. The van der Waals surface area contributed by atoms with Crippen molar-refractivity contribution in [1.82, 2.24) is 14.7 Å². The maximum atomic E-state index is 12.6. The third kappa shape index (κ3) is 4.28. The zero-order valence-corrected chi connectivity index (χ0v) is 13.7. The van der Waals surface area contributed by atoms with Crippen LogP contribution in [0.5, 0.6) is 0 Å². The molecule has 1 aliphatic heterocycles. The van der Waals surface area contributed by atoms with Gasteiger partial charge >= 0.3 is 0 Å². The summed E-state index contributed by atoms with van der Waals surface area (Å²) in [6, 6.07) is 1.74. The molecular weight excluding hydrogens is 286 g/mol. The van der Waals surface area contributed by atoms with Crippen LogP contribution in [0.1, 0.15) is 24.3 Å². The normalized spacial score (nSPS) is 21.1. The number of carbonyl (C=O) groups excluding carboxylic acids is 1. The van der Waals surface area contributed by atoms with Crippen LogP contribution >= 0.6 is 0 Å². The third-order valence-corrected chi connectivity index (χ3v) is 3.51. The van der Waals surface area contributed by atoms with Gasteiger partial charge in [0.25, 0.3) is 5.91 Å². The van der Waals surface area contributed by atoms with Crippen molar-refractivity contribution in [2.24, 2.45) is 0 Å². The van der Waals surface area contributed by atoms with E-state index in [2.05, 4.69) is 5.10 Å². The first-order chi connectivity index (χ1) is 10.4. The van der Waals surface area contributed by atoms with Crippen LogP contribution in [0.2, 0.25) is 0 Å². The van der Waals surface area contributed by atoms with Gasteiger partial charge in [-0.3, -0.25) is 9.48 Å². The number of aromatic nitrogens is 2. The van der Waals surface area contributed by atoms with Gasteiger partial charge < -0.3 is 19.1 Å². The van der Waals surface area contributed by atoms with Crippen LogP contribution in [0.25, 0.3) is 0 Å². The first-order valence-electron chi connectivity index (χ1n) is 7.43. The molecule has 22 heavy (non-hydrogen) atoms. The minimum atomic E-state index is -0.393. The monoisotopic (exact) mass is 311 g/mol. The maximum Gasteiger partial charge on any atom is 0.274 e. The summed E-state index contributed by atoms with van der Waals surface area (Å²) in [5.74, 6) is -0.0753. The Morgan fingerprint density at radius 3 is 2.91 bits per heavy atom. The van der Waals surface area contributed by atoms with E-state index in [1.807, 2.05) is 13.8 Å². The van der Waals surface area contributed by atoms with Gasteiger partial charge in [0.15, 0.2) is 0 Å². The molecule has 1 aromatic heterocycles. The number of morpholine rings is 1. The predicted octanol–water partition coefficient (Wildman–Crippen LogP) is 0.795.